The van der Waals surface area contributed by atoms with E-state index in [-0.39, 0.29) is 21.9 Å². The number of benzene rings is 2. The minimum Gasteiger partial charge on any atom is -0.492 e. The van der Waals surface area contributed by atoms with Crippen LogP contribution in [0, 0.1) is 17.5 Å². The molecular weight excluding hydrogens is 488 g/mol. The minimum absolute atomic E-state index is 0.0792. The second-order valence-corrected chi connectivity index (χ2v) is 9.53. The van der Waals surface area contributed by atoms with Crippen LogP contribution in [0.3, 0.4) is 0 Å². The van der Waals surface area contributed by atoms with Gasteiger partial charge in [0.05, 0.1) is 17.7 Å². The largest absolute Gasteiger partial charge is 0.492 e. The molecule has 0 spiro atoms. The summed E-state index contributed by atoms with van der Waals surface area (Å²) in [5.74, 6) is -2.42. The van der Waals surface area contributed by atoms with E-state index in [4.69, 9.17) is 24.0 Å². The standard InChI is InChI=1S/C19H17F3N2O3S.H3O4P/c1-23(2)17-11-24(28(25,26)14-6-4-5-12(20)9-14)18(19(17)27-3)15-8-7-13(21)10-16(15)22;1-5(2,3)4/h4-11H,1-3H3;(H3,1,2,3,4). The fraction of sp³-hybridized carbons (Fsp3) is 0.158. The van der Waals surface area contributed by atoms with Crippen LogP contribution >= 0.6 is 7.82 Å². The Labute approximate surface area is 187 Å². The van der Waals surface area contributed by atoms with Crippen molar-refractivity contribution in [2.75, 3.05) is 26.1 Å². The molecule has 180 valence electrons. The number of methoxy groups -OCH3 is 1. The Morgan fingerprint density at radius 1 is 1.00 bits per heavy atom. The summed E-state index contributed by atoms with van der Waals surface area (Å²) in [4.78, 5) is 22.8. The Kier molecular flexibility index (Phi) is 7.99. The Morgan fingerprint density at radius 3 is 2.06 bits per heavy atom. The van der Waals surface area contributed by atoms with Crippen LogP contribution in [0.1, 0.15) is 0 Å². The SMILES string of the molecule is COc1c(N(C)C)cn(S(=O)(=O)c2cccc(F)c2)c1-c1ccc(F)cc1F.O=P(O)(O)O. The van der Waals surface area contributed by atoms with Crippen molar-refractivity contribution >= 4 is 23.5 Å². The van der Waals surface area contributed by atoms with Gasteiger partial charge in [0.15, 0.2) is 5.75 Å². The van der Waals surface area contributed by atoms with Crippen molar-refractivity contribution in [3.8, 4) is 17.0 Å². The lowest BCUT2D eigenvalue weighted by Gasteiger charge is -2.14. The highest BCUT2D eigenvalue weighted by atomic mass is 32.2. The van der Waals surface area contributed by atoms with Crippen LogP contribution in [0.25, 0.3) is 11.3 Å². The Morgan fingerprint density at radius 2 is 1.58 bits per heavy atom. The zero-order chi connectivity index (χ0) is 25.1. The van der Waals surface area contributed by atoms with E-state index in [2.05, 4.69) is 0 Å². The summed E-state index contributed by atoms with van der Waals surface area (Å²) in [7, 11) is -4.32. The second-order valence-electron chi connectivity index (χ2n) is 6.69. The van der Waals surface area contributed by atoms with Gasteiger partial charge < -0.3 is 24.3 Å². The van der Waals surface area contributed by atoms with Crippen LogP contribution in [0.5, 0.6) is 5.75 Å². The van der Waals surface area contributed by atoms with E-state index >= 15 is 0 Å². The van der Waals surface area contributed by atoms with Crippen molar-refractivity contribution in [2.24, 2.45) is 0 Å². The highest BCUT2D eigenvalue weighted by Crippen LogP contribution is 2.42. The third-order valence-corrected chi connectivity index (χ3v) is 5.79. The van der Waals surface area contributed by atoms with E-state index in [1.807, 2.05) is 0 Å². The maximum absolute atomic E-state index is 14.5. The molecule has 0 amide bonds. The van der Waals surface area contributed by atoms with Crippen molar-refractivity contribution in [3.05, 3.63) is 66.1 Å². The lowest BCUT2D eigenvalue weighted by atomic mass is 10.1. The van der Waals surface area contributed by atoms with Crippen molar-refractivity contribution in [1.82, 2.24) is 3.97 Å². The number of anilines is 1. The van der Waals surface area contributed by atoms with Crippen LogP contribution in [0.2, 0.25) is 0 Å². The molecule has 0 aliphatic carbocycles. The first-order chi connectivity index (χ1) is 15.2. The molecule has 0 radical (unpaired) electrons. The molecule has 14 heteroatoms. The predicted molar refractivity (Wildman–Crippen MR) is 114 cm³/mol. The molecule has 2 aromatic carbocycles. The first-order valence-corrected chi connectivity index (χ1v) is 11.9. The summed E-state index contributed by atoms with van der Waals surface area (Å²) in [6.07, 6.45) is 1.25. The van der Waals surface area contributed by atoms with Gasteiger partial charge in [-0.25, -0.2) is 30.1 Å². The molecule has 1 heterocycles. The van der Waals surface area contributed by atoms with Gasteiger partial charge in [0.1, 0.15) is 23.1 Å². The molecule has 3 rings (SSSR count). The van der Waals surface area contributed by atoms with Gasteiger partial charge in [-0.15, -0.1) is 0 Å². The molecule has 0 aliphatic rings. The Hall–Kier alpha value is -2.83. The Bertz CT molecular complexity index is 1300. The maximum atomic E-state index is 14.5. The van der Waals surface area contributed by atoms with Crippen LogP contribution in [0.15, 0.2) is 53.6 Å². The van der Waals surface area contributed by atoms with E-state index in [1.54, 1.807) is 19.0 Å². The quantitative estimate of drug-likeness (QED) is 0.449. The van der Waals surface area contributed by atoms with Crippen LogP contribution in [-0.4, -0.2) is 48.3 Å². The third-order valence-electron chi connectivity index (χ3n) is 4.13. The topological polar surface area (TPSA) is 129 Å². The number of hydrogen-bond acceptors (Lipinski definition) is 5. The average molecular weight is 508 g/mol. The summed E-state index contributed by atoms with van der Waals surface area (Å²) in [6.45, 7) is 0. The molecule has 0 atom stereocenters. The van der Waals surface area contributed by atoms with Crippen molar-refractivity contribution in [1.29, 1.82) is 0 Å². The third kappa shape index (κ3) is 6.36. The van der Waals surface area contributed by atoms with Crippen LogP contribution in [-0.2, 0) is 14.6 Å². The molecule has 3 aromatic rings. The van der Waals surface area contributed by atoms with Gasteiger partial charge in [-0.1, -0.05) is 6.07 Å². The molecule has 33 heavy (non-hydrogen) atoms. The van der Waals surface area contributed by atoms with E-state index in [1.165, 1.54) is 25.4 Å². The van der Waals surface area contributed by atoms with E-state index in [9.17, 15) is 21.6 Å². The summed E-state index contributed by atoms with van der Waals surface area (Å²) in [6, 6.07) is 7.25. The summed E-state index contributed by atoms with van der Waals surface area (Å²) in [5.41, 5.74) is 0.0421. The van der Waals surface area contributed by atoms with Crippen molar-refractivity contribution in [2.45, 2.75) is 4.90 Å². The normalized spacial score (nSPS) is 11.5. The fourth-order valence-electron chi connectivity index (χ4n) is 2.83. The van der Waals surface area contributed by atoms with Gasteiger partial charge >= 0.3 is 7.82 Å². The highest BCUT2D eigenvalue weighted by Gasteiger charge is 2.29. The summed E-state index contributed by atoms with van der Waals surface area (Å²) >= 11 is 0. The van der Waals surface area contributed by atoms with Crippen molar-refractivity contribution in [3.63, 3.8) is 0 Å². The van der Waals surface area contributed by atoms with Gasteiger partial charge in [-0.3, -0.25) is 0 Å². The number of rotatable bonds is 5. The summed E-state index contributed by atoms with van der Waals surface area (Å²) < 4.78 is 82.9. The van der Waals surface area contributed by atoms with Crippen LogP contribution in [0.4, 0.5) is 18.9 Å². The molecule has 0 unspecified atom stereocenters. The molecule has 1 aromatic heterocycles. The highest BCUT2D eigenvalue weighted by molar-refractivity contribution is 7.90. The molecule has 0 bridgehead atoms. The summed E-state index contributed by atoms with van der Waals surface area (Å²) in [5, 5.41) is 0. The molecule has 3 N–H and O–H groups in total. The number of aromatic nitrogens is 1. The van der Waals surface area contributed by atoms with Gasteiger partial charge in [0.25, 0.3) is 10.0 Å². The minimum atomic E-state index is -4.64. The monoisotopic (exact) mass is 508 g/mol. The number of ether oxygens (including phenoxy) is 1. The number of hydrogen-bond donors (Lipinski definition) is 3. The predicted octanol–water partition coefficient (Wildman–Crippen LogP) is 2.96. The molecule has 9 nitrogen and oxygen atoms in total. The molecule has 0 aliphatic heterocycles. The number of nitrogens with zero attached hydrogens (tertiary/aromatic N) is 2. The zero-order valence-corrected chi connectivity index (χ0v) is 19.2. The van der Waals surface area contributed by atoms with Gasteiger partial charge in [-0.2, -0.15) is 0 Å². The van der Waals surface area contributed by atoms with Gasteiger partial charge in [0.2, 0.25) is 0 Å². The molecular formula is C19H20F3N2O7PS. The lowest BCUT2D eigenvalue weighted by Crippen LogP contribution is -2.14. The molecule has 0 saturated heterocycles. The Balaban J connectivity index is 0.000000696. The van der Waals surface area contributed by atoms with Crippen LogP contribution < -0.4 is 9.64 Å². The average Bonchev–Trinajstić information content (AvgIpc) is 3.07. The first-order valence-electron chi connectivity index (χ1n) is 8.88. The first kappa shape index (κ1) is 26.4. The van der Waals surface area contributed by atoms with E-state index in [0.29, 0.717) is 11.8 Å². The fourth-order valence-corrected chi connectivity index (χ4v) is 4.23. The van der Waals surface area contributed by atoms with Gasteiger partial charge in [0, 0.05) is 31.9 Å². The van der Waals surface area contributed by atoms with Gasteiger partial charge in [-0.05, 0) is 30.3 Å². The molecule has 0 saturated carbocycles. The van der Waals surface area contributed by atoms with E-state index < -0.39 is 35.3 Å². The zero-order valence-electron chi connectivity index (χ0n) is 17.5. The smallest absolute Gasteiger partial charge is 0.466 e. The van der Waals surface area contributed by atoms with E-state index in [0.717, 1.165) is 28.2 Å². The second kappa shape index (κ2) is 9.98. The number of phosphoric acid groups is 1. The number of halogens is 3. The maximum Gasteiger partial charge on any atom is 0.466 e. The lowest BCUT2D eigenvalue weighted by molar-refractivity contribution is 0.275. The van der Waals surface area contributed by atoms with Crippen molar-refractivity contribution < 1.29 is 45.6 Å². The molecule has 0 fully saturated rings.